The molecule has 0 aliphatic carbocycles. The van der Waals surface area contributed by atoms with E-state index in [1.807, 2.05) is 58.9 Å². The Bertz CT molecular complexity index is 1510. The summed E-state index contributed by atoms with van der Waals surface area (Å²) in [6, 6.07) is 7.75. The number of carbonyl (C=O) groups is 2. The largest absolute Gasteiger partial charge is 0.458 e. The molecule has 0 spiro atoms. The van der Waals surface area contributed by atoms with E-state index in [0.717, 1.165) is 22.0 Å². The lowest BCUT2D eigenvalue weighted by molar-refractivity contribution is -0.175. The van der Waals surface area contributed by atoms with Gasteiger partial charge in [0.15, 0.2) is 15.4 Å². The number of aryl methyl sites for hydroxylation is 1. The quantitative estimate of drug-likeness (QED) is 0.393. The van der Waals surface area contributed by atoms with Crippen LogP contribution in [0.5, 0.6) is 0 Å². The number of pyridine rings is 1. The number of aromatic nitrogens is 1. The predicted octanol–water partition coefficient (Wildman–Crippen LogP) is 5.00. The van der Waals surface area contributed by atoms with E-state index in [4.69, 9.17) is 14.5 Å². The number of carbonyl (C=O) groups excluding carboxylic acids is 2. The molecule has 2 aliphatic heterocycles. The lowest BCUT2D eigenvalue weighted by Gasteiger charge is -2.38. The van der Waals surface area contributed by atoms with Gasteiger partial charge in [0, 0.05) is 17.2 Å². The molecule has 216 valence electrons. The van der Waals surface area contributed by atoms with E-state index in [-0.39, 0.29) is 31.1 Å². The number of fused-ring (bicyclic) bond motifs is 2. The maximum absolute atomic E-state index is 14.0. The topological polar surface area (TPSA) is 103 Å². The van der Waals surface area contributed by atoms with E-state index < -0.39 is 26.7 Å². The predicted molar refractivity (Wildman–Crippen MR) is 156 cm³/mol. The molecule has 2 atom stereocenters. The first-order valence-electron chi connectivity index (χ1n) is 13.9. The fourth-order valence-electron chi connectivity index (χ4n) is 6.09. The van der Waals surface area contributed by atoms with Crippen molar-refractivity contribution in [2.75, 3.05) is 12.9 Å². The second kappa shape index (κ2) is 11.1. The molecule has 0 saturated carbocycles. The molecular formula is C31H40N2O6S. The lowest BCUT2D eigenvalue weighted by Crippen LogP contribution is -2.50. The van der Waals surface area contributed by atoms with Crippen molar-refractivity contribution in [2.45, 2.75) is 84.3 Å². The molecule has 2 aromatic rings. The summed E-state index contributed by atoms with van der Waals surface area (Å²) in [7, 11) is -3.24. The molecule has 0 N–H and O–H groups in total. The van der Waals surface area contributed by atoms with Crippen molar-refractivity contribution in [3.63, 3.8) is 0 Å². The minimum absolute atomic E-state index is 0.0278. The average molecular weight is 569 g/mol. The number of hydrogen-bond donors (Lipinski definition) is 0. The smallest absolute Gasteiger partial charge is 0.343 e. The van der Waals surface area contributed by atoms with Gasteiger partial charge in [-0.15, -0.1) is 0 Å². The van der Waals surface area contributed by atoms with Gasteiger partial charge in [-0.25, -0.2) is 18.2 Å². The summed E-state index contributed by atoms with van der Waals surface area (Å²) in [5, 5.41) is 0.460. The molecule has 8 nitrogen and oxygen atoms in total. The Labute approximate surface area is 237 Å². The second-order valence-electron chi connectivity index (χ2n) is 11.5. The highest BCUT2D eigenvalue weighted by Gasteiger charge is 2.48. The standard InChI is InChI=1S/C31H40N2O6S/c1-9-31(39-19(4)5)20(6)25(17-38-30(31)35)29(34)33-16-24-22(14-15-27(18(2)3)40(8,36)37)23-12-10-11-13-26(23)32-28(24)21(33)7/h10-13,18-19,27H,7,9,14-17H2,1-6,8H3/t27?,31-/m0/s1. The van der Waals surface area contributed by atoms with Gasteiger partial charge >= 0.3 is 5.97 Å². The monoisotopic (exact) mass is 568 g/mol. The summed E-state index contributed by atoms with van der Waals surface area (Å²) >= 11 is 0. The molecule has 1 aromatic heterocycles. The van der Waals surface area contributed by atoms with Crippen LogP contribution < -0.4 is 0 Å². The minimum Gasteiger partial charge on any atom is -0.458 e. The first-order chi connectivity index (χ1) is 18.7. The van der Waals surface area contributed by atoms with Crippen molar-refractivity contribution in [3.8, 4) is 0 Å². The fourth-order valence-corrected chi connectivity index (χ4v) is 7.63. The summed E-state index contributed by atoms with van der Waals surface area (Å²) < 4.78 is 36.6. The van der Waals surface area contributed by atoms with Crippen LogP contribution in [-0.2, 0) is 41.9 Å². The molecule has 1 aromatic carbocycles. The Kier molecular flexibility index (Phi) is 8.30. The van der Waals surface area contributed by atoms with Crippen molar-refractivity contribution in [1.82, 2.24) is 9.88 Å². The first kappa shape index (κ1) is 29.9. The number of sulfone groups is 1. The number of cyclic esters (lactones) is 1. The van der Waals surface area contributed by atoms with Gasteiger partial charge < -0.3 is 14.4 Å². The van der Waals surface area contributed by atoms with E-state index >= 15 is 0 Å². The Morgan fingerprint density at radius 3 is 2.50 bits per heavy atom. The zero-order valence-corrected chi connectivity index (χ0v) is 25.4. The number of amides is 1. The van der Waals surface area contributed by atoms with E-state index in [1.165, 1.54) is 6.26 Å². The molecule has 0 saturated heterocycles. The number of nitrogens with zero attached hydrogens (tertiary/aromatic N) is 2. The summed E-state index contributed by atoms with van der Waals surface area (Å²) in [5.41, 5.74) is 3.34. The summed E-state index contributed by atoms with van der Waals surface area (Å²) in [5.74, 6) is -0.813. The van der Waals surface area contributed by atoms with Gasteiger partial charge in [0.1, 0.15) is 6.61 Å². The van der Waals surface area contributed by atoms with Crippen LogP contribution in [0, 0.1) is 5.92 Å². The van der Waals surface area contributed by atoms with Crippen LogP contribution in [0.25, 0.3) is 16.6 Å². The van der Waals surface area contributed by atoms with Crippen molar-refractivity contribution in [3.05, 3.63) is 58.8 Å². The lowest BCUT2D eigenvalue weighted by atomic mass is 9.85. The third-order valence-electron chi connectivity index (χ3n) is 8.17. The van der Waals surface area contributed by atoms with Crippen molar-refractivity contribution < 1.29 is 27.5 Å². The van der Waals surface area contributed by atoms with E-state index in [9.17, 15) is 18.0 Å². The van der Waals surface area contributed by atoms with Crippen LogP contribution >= 0.6 is 0 Å². The van der Waals surface area contributed by atoms with Crippen LogP contribution in [0.4, 0.5) is 0 Å². The number of rotatable bonds is 9. The van der Waals surface area contributed by atoms with Crippen molar-refractivity contribution >= 4 is 38.3 Å². The third-order valence-corrected chi connectivity index (χ3v) is 10.1. The Morgan fingerprint density at radius 1 is 1.23 bits per heavy atom. The first-order valence-corrected chi connectivity index (χ1v) is 15.8. The molecule has 0 fully saturated rings. The number of para-hydroxylation sites is 1. The normalized spacial score (nSPS) is 20.5. The molecular weight excluding hydrogens is 528 g/mol. The van der Waals surface area contributed by atoms with Crippen LogP contribution in [-0.4, -0.2) is 60.0 Å². The molecule has 0 bridgehead atoms. The second-order valence-corrected chi connectivity index (χ2v) is 13.7. The molecule has 9 heteroatoms. The van der Waals surface area contributed by atoms with Crippen LogP contribution in [0.3, 0.4) is 0 Å². The summed E-state index contributed by atoms with van der Waals surface area (Å²) in [4.78, 5) is 33.4. The molecule has 1 unspecified atom stereocenters. The Hall–Kier alpha value is -3.04. The highest BCUT2D eigenvalue weighted by atomic mass is 32.2. The van der Waals surface area contributed by atoms with Crippen molar-refractivity contribution in [2.24, 2.45) is 5.92 Å². The minimum atomic E-state index is -3.24. The van der Waals surface area contributed by atoms with Gasteiger partial charge in [-0.05, 0) is 63.2 Å². The van der Waals surface area contributed by atoms with Gasteiger partial charge in [0.05, 0.1) is 40.4 Å². The number of ether oxygens (including phenoxy) is 2. The SMILES string of the molecule is C=C1c2nc3ccccc3c(CCC(C(C)C)S(C)(=O)=O)c2CN1C(=O)C1=C(C)[C@](CC)(OC(C)C)C(=O)OC1. The van der Waals surface area contributed by atoms with Crippen LogP contribution in [0.1, 0.15) is 71.2 Å². The average Bonchev–Trinajstić information content (AvgIpc) is 3.20. The van der Waals surface area contributed by atoms with E-state index in [0.29, 0.717) is 41.8 Å². The maximum atomic E-state index is 14.0. The number of benzene rings is 1. The molecule has 1 amide bonds. The molecule has 2 aliphatic rings. The van der Waals surface area contributed by atoms with Gasteiger partial charge in [-0.1, -0.05) is 45.5 Å². The summed E-state index contributed by atoms with van der Waals surface area (Å²) in [6.45, 7) is 15.5. The molecule has 3 heterocycles. The number of esters is 1. The highest BCUT2D eigenvalue weighted by Crippen LogP contribution is 2.40. The zero-order chi connectivity index (χ0) is 29.6. The van der Waals surface area contributed by atoms with Crippen LogP contribution in [0.15, 0.2) is 42.0 Å². The van der Waals surface area contributed by atoms with Gasteiger partial charge in [0.2, 0.25) is 0 Å². The summed E-state index contributed by atoms with van der Waals surface area (Å²) in [6.07, 6.45) is 2.37. The third kappa shape index (κ3) is 5.21. The molecule has 4 rings (SSSR count). The van der Waals surface area contributed by atoms with Crippen LogP contribution in [0.2, 0.25) is 0 Å². The van der Waals surface area contributed by atoms with Gasteiger partial charge in [0.25, 0.3) is 5.91 Å². The zero-order valence-electron chi connectivity index (χ0n) is 24.5. The fraction of sp³-hybridized carbons (Fsp3) is 0.516. The Morgan fingerprint density at radius 2 is 1.90 bits per heavy atom. The molecule has 0 radical (unpaired) electrons. The van der Waals surface area contributed by atoms with Gasteiger partial charge in [-0.2, -0.15) is 0 Å². The van der Waals surface area contributed by atoms with Gasteiger partial charge in [-0.3, -0.25) is 4.79 Å². The maximum Gasteiger partial charge on any atom is 0.343 e. The highest BCUT2D eigenvalue weighted by molar-refractivity contribution is 7.91. The van der Waals surface area contributed by atoms with Crippen molar-refractivity contribution in [1.29, 1.82) is 0 Å². The number of hydrogen-bond acceptors (Lipinski definition) is 7. The Balaban J connectivity index is 1.76. The van der Waals surface area contributed by atoms with E-state index in [1.54, 1.807) is 11.8 Å². The molecule has 40 heavy (non-hydrogen) atoms. The van der Waals surface area contributed by atoms with E-state index in [2.05, 4.69) is 6.58 Å².